The fourth-order valence-corrected chi connectivity index (χ4v) is 2.85. The monoisotopic (exact) mass is 247 g/mol. The first-order chi connectivity index (χ1) is 8.10. The summed E-state index contributed by atoms with van der Waals surface area (Å²) in [5.74, 6) is 0. The quantitative estimate of drug-likeness (QED) is 0.906. The minimum absolute atomic E-state index is 0.869. The van der Waals surface area contributed by atoms with E-state index in [1.165, 1.54) is 10.4 Å². The summed E-state index contributed by atoms with van der Waals surface area (Å²) >= 11 is 1.72. The lowest BCUT2D eigenvalue weighted by atomic mass is 10.2. The van der Waals surface area contributed by atoms with Crippen LogP contribution in [-0.4, -0.2) is 17.0 Å². The Balaban J connectivity index is 2.42. The highest BCUT2D eigenvalue weighted by molar-refractivity contribution is 7.15. The number of hydrogen-bond acceptors (Lipinski definition) is 4. The predicted octanol–water partition coefficient (Wildman–Crippen LogP) is 2.85. The summed E-state index contributed by atoms with van der Waals surface area (Å²) < 4.78 is 0. The Morgan fingerprint density at radius 2 is 1.94 bits per heavy atom. The Bertz CT molecular complexity index is 511. The summed E-state index contributed by atoms with van der Waals surface area (Å²) in [7, 11) is 1.95. The zero-order valence-corrected chi connectivity index (χ0v) is 11.5. The maximum Gasteiger partial charge on any atom is 0.142 e. The molecule has 0 aliphatic rings. The molecule has 0 spiro atoms. The van der Waals surface area contributed by atoms with Gasteiger partial charge in [-0.3, -0.25) is 4.98 Å². The Kier molecular flexibility index (Phi) is 3.54. The number of aromatic nitrogens is 2. The Morgan fingerprint density at radius 1 is 1.18 bits per heavy atom. The molecule has 0 amide bonds. The van der Waals surface area contributed by atoms with E-state index in [9.17, 15) is 0 Å². The number of pyridine rings is 1. The van der Waals surface area contributed by atoms with Gasteiger partial charge in [-0.05, 0) is 45.5 Å². The van der Waals surface area contributed by atoms with Crippen LogP contribution >= 0.6 is 11.3 Å². The molecule has 2 rings (SSSR count). The standard InChI is InChI=1S/C13H17N3S/c1-8-5-9(2)15-11(6-8)13-16-10(3)12(17-13)7-14-4/h5-6,14H,7H2,1-4H3. The summed E-state index contributed by atoms with van der Waals surface area (Å²) in [5.41, 5.74) is 4.36. The van der Waals surface area contributed by atoms with Gasteiger partial charge in [-0.2, -0.15) is 0 Å². The maximum absolute atomic E-state index is 4.60. The van der Waals surface area contributed by atoms with E-state index in [0.29, 0.717) is 0 Å². The van der Waals surface area contributed by atoms with Crippen LogP contribution in [0.15, 0.2) is 12.1 Å². The molecule has 0 aliphatic carbocycles. The Labute approximate surface area is 106 Å². The van der Waals surface area contributed by atoms with Gasteiger partial charge in [0.2, 0.25) is 0 Å². The average Bonchev–Trinajstić information content (AvgIpc) is 2.60. The first-order valence-electron chi connectivity index (χ1n) is 5.66. The zero-order chi connectivity index (χ0) is 12.4. The molecule has 2 heterocycles. The number of hydrogen-bond donors (Lipinski definition) is 1. The molecule has 0 radical (unpaired) electrons. The van der Waals surface area contributed by atoms with E-state index < -0.39 is 0 Å². The van der Waals surface area contributed by atoms with E-state index in [4.69, 9.17) is 0 Å². The molecule has 0 unspecified atom stereocenters. The van der Waals surface area contributed by atoms with Crippen LogP contribution in [0.5, 0.6) is 0 Å². The van der Waals surface area contributed by atoms with Crippen molar-refractivity contribution in [2.24, 2.45) is 0 Å². The van der Waals surface area contributed by atoms with E-state index in [2.05, 4.69) is 41.3 Å². The van der Waals surface area contributed by atoms with E-state index in [1.54, 1.807) is 11.3 Å². The highest BCUT2D eigenvalue weighted by Crippen LogP contribution is 2.27. The second kappa shape index (κ2) is 4.94. The lowest BCUT2D eigenvalue weighted by Gasteiger charge is -2.00. The Morgan fingerprint density at radius 3 is 2.59 bits per heavy atom. The number of rotatable bonds is 3. The van der Waals surface area contributed by atoms with Gasteiger partial charge in [0.15, 0.2) is 0 Å². The summed E-state index contributed by atoms with van der Waals surface area (Å²) in [6.45, 7) is 7.03. The molecule has 2 aromatic heterocycles. The van der Waals surface area contributed by atoms with Crippen molar-refractivity contribution in [3.8, 4) is 10.7 Å². The van der Waals surface area contributed by atoms with Gasteiger partial charge < -0.3 is 5.32 Å². The van der Waals surface area contributed by atoms with Crippen LogP contribution in [0, 0.1) is 20.8 Å². The third-order valence-electron chi connectivity index (χ3n) is 2.55. The number of nitrogens with one attached hydrogen (secondary N) is 1. The number of nitrogens with zero attached hydrogens (tertiary/aromatic N) is 2. The molecule has 0 fully saturated rings. The topological polar surface area (TPSA) is 37.8 Å². The number of aryl methyl sites for hydroxylation is 3. The second-order valence-electron chi connectivity index (χ2n) is 4.23. The van der Waals surface area contributed by atoms with Gasteiger partial charge in [-0.25, -0.2) is 4.98 Å². The van der Waals surface area contributed by atoms with Crippen LogP contribution in [-0.2, 0) is 6.54 Å². The van der Waals surface area contributed by atoms with Crippen molar-refractivity contribution in [2.75, 3.05) is 7.05 Å². The molecule has 1 N–H and O–H groups in total. The van der Waals surface area contributed by atoms with Crippen molar-refractivity contribution in [2.45, 2.75) is 27.3 Å². The summed E-state index contributed by atoms with van der Waals surface area (Å²) in [6, 6.07) is 4.17. The van der Waals surface area contributed by atoms with E-state index >= 15 is 0 Å². The molecule has 3 nitrogen and oxygen atoms in total. The van der Waals surface area contributed by atoms with Crippen LogP contribution in [0.4, 0.5) is 0 Å². The smallest absolute Gasteiger partial charge is 0.142 e. The van der Waals surface area contributed by atoms with E-state index in [1.807, 2.05) is 14.0 Å². The third kappa shape index (κ3) is 2.70. The van der Waals surface area contributed by atoms with Crippen LogP contribution in [0.3, 0.4) is 0 Å². The lowest BCUT2D eigenvalue weighted by Crippen LogP contribution is -2.04. The predicted molar refractivity (Wildman–Crippen MR) is 72.3 cm³/mol. The molecular weight excluding hydrogens is 230 g/mol. The third-order valence-corrected chi connectivity index (χ3v) is 3.73. The lowest BCUT2D eigenvalue weighted by molar-refractivity contribution is 0.823. The molecule has 0 saturated heterocycles. The summed E-state index contributed by atoms with van der Waals surface area (Å²) in [4.78, 5) is 10.4. The first kappa shape index (κ1) is 12.2. The van der Waals surface area contributed by atoms with Crippen LogP contribution < -0.4 is 5.32 Å². The highest BCUT2D eigenvalue weighted by atomic mass is 32.1. The molecule has 2 aromatic rings. The van der Waals surface area contributed by atoms with Gasteiger partial charge in [0.1, 0.15) is 5.01 Å². The van der Waals surface area contributed by atoms with E-state index in [-0.39, 0.29) is 0 Å². The zero-order valence-electron chi connectivity index (χ0n) is 10.7. The van der Waals surface area contributed by atoms with Crippen LogP contribution in [0.1, 0.15) is 21.8 Å². The molecule has 0 bridgehead atoms. The fourth-order valence-electron chi connectivity index (χ4n) is 1.81. The molecular formula is C13H17N3S. The van der Waals surface area contributed by atoms with Crippen molar-refractivity contribution in [1.29, 1.82) is 0 Å². The summed E-state index contributed by atoms with van der Waals surface area (Å²) in [6.07, 6.45) is 0. The Hall–Kier alpha value is -1.26. The second-order valence-corrected chi connectivity index (χ2v) is 5.31. The van der Waals surface area contributed by atoms with Crippen molar-refractivity contribution >= 4 is 11.3 Å². The van der Waals surface area contributed by atoms with Gasteiger partial charge in [0, 0.05) is 17.1 Å². The molecule has 0 atom stereocenters. The average molecular weight is 247 g/mol. The van der Waals surface area contributed by atoms with Crippen LogP contribution in [0.25, 0.3) is 10.7 Å². The first-order valence-corrected chi connectivity index (χ1v) is 6.48. The molecule has 0 aromatic carbocycles. The van der Waals surface area contributed by atoms with E-state index in [0.717, 1.165) is 28.6 Å². The molecule has 90 valence electrons. The van der Waals surface area contributed by atoms with Crippen molar-refractivity contribution in [3.05, 3.63) is 34.0 Å². The molecule has 0 aliphatic heterocycles. The molecule has 0 saturated carbocycles. The van der Waals surface area contributed by atoms with Crippen molar-refractivity contribution in [3.63, 3.8) is 0 Å². The van der Waals surface area contributed by atoms with Gasteiger partial charge in [-0.15, -0.1) is 11.3 Å². The minimum Gasteiger partial charge on any atom is -0.315 e. The maximum atomic E-state index is 4.60. The fraction of sp³-hybridized carbons (Fsp3) is 0.385. The number of thiazole rings is 1. The minimum atomic E-state index is 0.869. The van der Waals surface area contributed by atoms with Gasteiger partial charge in [0.25, 0.3) is 0 Å². The highest BCUT2D eigenvalue weighted by Gasteiger charge is 2.10. The van der Waals surface area contributed by atoms with Crippen molar-refractivity contribution in [1.82, 2.24) is 15.3 Å². The summed E-state index contributed by atoms with van der Waals surface area (Å²) in [5, 5.41) is 4.18. The van der Waals surface area contributed by atoms with Gasteiger partial charge in [0.05, 0.1) is 11.4 Å². The van der Waals surface area contributed by atoms with Gasteiger partial charge >= 0.3 is 0 Å². The van der Waals surface area contributed by atoms with Gasteiger partial charge in [-0.1, -0.05) is 0 Å². The van der Waals surface area contributed by atoms with Crippen LogP contribution in [0.2, 0.25) is 0 Å². The normalized spacial score (nSPS) is 10.8. The largest absolute Gasteiger partial charge is 0.315 e. The SMILES string of the molecule is CNCc1sc(-c2cc(C)cc(C)n2)nc1C. The molecule has 4 heteroatoms. The molecule has 17 heavy (non-hydrogen) atoms. The van der Waals surface area contributed by atoms with Crippen molar-refractivity contribution < 1.29 is 0 Å².